The number of allylic oxidation sites excluding steroid dienone is 1. The third-order valence-electron chi connectivity index (χ3n) is 1.69. The topological polar surface area (TPSA) is 163 Å². The molecule has 0 saturated carbocycles. The number of nitrogens with one attached hydrogen (secondary N) is 1. The van der Waals surface area contributed by atoms with Crippen molar-refractivity contribution in [1.82, 2.24) is 5.32 Å². The molecule has 0 aliphatic carbocycles. The van der Waals surface area contributed by atoms with Crippen molar-refractivity contribution in [3.63, 3.8) is 0 Å². The zero-order valence-electron chi connectivity index (χ0n) is 17.6. The lowest BCUT2D eigenvalue weighted by molar-refractivity contribution is -0.137. The van der Waals surface area contributed by atoms with Crippen molar-refractivity contribution in [1.29, 1.82) is 5.26 Å². The molecule has 1 amide bonds. The number of aliphatic hydroxyl groups excluding tert-OH is 1. The quantitative estimate of drug-likeness (QED) is 0.248. The van der Waals surface area contributed by atoms with Crippen LogP contribution in [0.4, 0.5) is 0 Å². The van der Waals surface area contributed by atoms with Crippen LogP contribution in [0.1, 0.15) is 13.8 Å². The Bertz CT molecular complexity index is 580. The molecule has 0 heterocycles. The minimum Gasteiger partial charge on any atom is -0.478 e. The van der Waals surface area contributed by atoms with Gasteiger partial charge in [0.2, 0.25) is 5.91 Å². The number of carboxylic acid groups (broad SMARTS) is 1. The first-order valence-electron chi connectivity index (χ1n) is 7.89. The number of hydrogen-bond donors (Lipinski definition) is 3. The summed E-state index contributed by atoms with van der Waals surface area (Å²) in [5.41, 5.74) is 0.433. The largest absolute Gasteiger partial charge is 0.478 e. The second kappa shape index (κ2) is 32.7. The molecular weight excluding hydrogens is 396 g/mol. The van der Waals surface area contributed by atoms with Gasteiger partial charge in [-0.3, -0.25) is 4.79 Å². The summed E-state index contributed by atoms with van der Waals surface area (Å²) in [5, 5.41) is 25.2. The lowest BCUT2D eigenvalue weighted by atomic mass is 10.4. The summed E-state index contributed by atoms with van der Waals surface area (Å²) in [6, 6.07) is 1.69. The minimum absolute atomic E-state index is 0.329. The highest BCUT2D eigenvalue weighted by Gasteiger charge is 1.95. The molecule has 0 spiro atoms. The number of esters is 2. The Morgan fingerprint density at radius 3 is 1.60 bits per heavy atom. The van der Waals surface area contributed by atoms with E-state index in [1.165, 1.54) is 13.2 Å². The van der Waals surface area contributed by atoms with Gasteiger partial charge in [0.25, 0.3) is 0 Å². The van der Waals surface area contributed by atoms with Gasteiger partial charge in [-0.15, -0.1) is 0 Å². The molecule has 0 aromatic carbocycles. The molecule has 0 bridgehead atoms. The Kier molecular flexibility index (Phi) is 40.2. The minimum atomic E-state index is -0.981. The lowest BCUT2D eigenvalue weighted by Gasteiger charge is -1.91. The van der Waals surface area contributed by atoms with Gasteiger partial charge in [-0.05, 0) is 19.9 Å². The van der Waals surface area contributed by atoms with Crippen molar-refractivity contribution in [3.8, 4) is 6.07 Å². The number of carboxylic acids is 1. The fourth-order valence-corrected chi connectivity index (χ4v) is 0.526. The SMILES string of the molecule is C=C(C)C(=O)OC.C=CC#N.C=CC(=O)NCO.C=CC(=O)O.C=CC(=O)OCC. The Labute approximate surface area is 177 Å². The highest BCUT2D eigenvalue weighted by molar-refractivity contribution is 5.87. The maximum Gasteiger partial charge on any atom is 0.332 e. The van der Waals surface area contributed by atoms with Gasteiger partial charge in [-0.1, -0.05) is 32.9 Å². The third-order valence-corrected chi connectivity index (χ3v) is 1.69. The molecule has 0 unspecified atom stereocenters. The van der Waals surface area contributed by atoms with Crippen LogP contribution in [0.5, 0.6) is 0 Å². The van der Waals surface area contributed by atoms with Crippen LogP contribution in [-0.4, -0.2) is 54.5 Å². The molecule has 0 rings (SSSR count). The zero-order valence-corrected chi connectivity index (χ0v) is 17.6. The predicted molar refractivity (Wildman–Crippen MR) is 113 cm³/mol. The summed E-state index contributed by atoms with van der Waals surface area (Å²) in [6.45, 7) is 19.2. The van der Waals surface area contributed by atoms with Crippen molar-refractivity contribution >= 4 is 23.8 Å². The van der Waals surface area contributed by atoms with Gasteiger partial charge in [0, 0.05) is 23.8 Å². The van der Waals surface area contributed by atoms with Crippen LogP contribution in [0.3, 0.4) is 0 Å². The summed E-state index contributed by atoms with van der Waals surface area (Å²) >= 11 is 0. The molecule has 0 radical (unpaired) electrons. The number of ether oxygens (including phenoxy) is 2. The molecular formula is C20H30N2O8. The Morgan fingerprint density at radius 2 is 1.53 bits per heavy atom. The van der Waals surface area contributed by atoms with Crippen LogP contribution in [-0.2, 0) is 28.7 Å². The Balaban J connectivity index is -0.0000000882. The maximum absolute atomic E-state index is 10.2. The summed E-state index contributed by atoms with van der Waals surface area (Å²) in [5.74, 6) is -2.05. The van der Waals surface area contributed by atoms with E-state index in [0.29, 0.717) is 12.2 Å². The predicted octanol–water partition coefficient (Wildman–Crippen LogP) is 1.66. The van der Waals surface area contributed by atoms with Crippen LogP contribution < -0.4 is 5.32 Å². The van der Waals surface area contributed by atoms with E-state index in [4.69, 9.17) is 15.5 Å². The van der Waals surface area contributed by atoms with E-state index < -0.39 is 5.97 Å². The van der Waals surface area contributed by atoms with Gasteiger partial charge in [-0.25, -0.2) is 14.4 Å². The molecule has 30 heavy (non-hydrogen) atoms. The van der Waals surface area contributed by atoms with Gasteiger partial charge in [0.1, 0.15) is 6.73 Å². The number of amides is 1. The van der Waals surface area contributed by atoms with E-state index in [1.807, 2.05) is 0 Å². The average molecular weight is 426 g/mol. The monoisotopic (exact) mass is 426 g/mol. The Morgan fingerprint density at radius 1 is 1.10 bits per heavy atom. The maximum atomic E-state index is 10.2. The van der Waals surface area contributed by atoms with Crippen molar-refractivity contribution in [2.75, 3.05) is 20.4 Å². The second-order valence-corrected chi connectivity index (χ2v) is 4.01. The first kappa shape index (κ1) is 36.9. The number of aliphatic hydroxyl groups is 1. The zero-order chi connectivity index (χ0) is 25.0. The van der Waals surface area contributed by atoms with Gasteiger partial charge in [-0.2, -0.15) is 5.26 Å². The smallest absolute Gasteiger partial charge is 0.332 e. The van der Waals surface area contributed by atoms with Gasteiger partial charge < -0.3 is 25.0 Å². The van der Waals surface area contributed by atoms with E-state index >= 15 is 0 Å². The fourth-order valence-electron chi connectivity index (χ4n) is 0.526. The molecule has 0 aliphatic rings. The van der Waals surface area contributed by atoms with Crippen LogP contribution >= 0.6 is 0 Å². The van der Waals surface area contributed by atoms with Crippen LogP contribution in [0.2, 0.25) is 0 Å². The molecule has 0 atom stereocenters. The number of carbonyl (C=O) groups excluding carboxylic acids is 3. The number of nitrogens with zero attached hydrogens (tertiary/aromatic N) is 1. The van der Waals surface area contributed by atoms with Crippen LogP contribution in [0.25, 0.3) is 0 Å². The van der Waals surface area contributed by atoms with Crippen LogP contribution in [0.15, 0.2) is 62.8 Å². The van der Waals surface area contributed by atoms with E-state index in [1.54, 1.807) is 19.9 Å². The van der Waals surface area contributed by atoms with E-state index in [0.717, 1.165) is 18.2 Å². The fraction of sp³-hybridized carbons (Fsp3) is 0.250. The van der Waals surface area contributed by atoms with Crippen molar-refractivity contribution in [3.05, 3.63) is 62.8 Å². The highest BCUT2D eigenvalue weighted by atomic mass is 16.5. The molecule has 0 saturated heterocycles. The second-order valence-electron chi connectivity index (χ2n) is 4.01. The Hall–Kier alpha value is -3.97. The molecule has 0 aromatic heterocycles. The third kappa shape index (κ3) is 56.4. The molecule has 10 heteroatoms. The molecule has 0 aliphatic heterocycles. The van der Waals surface area contributed by atoms with E-state index in [2.05, 4.69) is 47.7 Å². The van der Waals surface area contributed by atoms with E-state index in [-0.39, 0.29) is 24.6 Å². The molecule has 10 nitrogen and oxygen atoms in total. The molecule has 0 fully saturated rings. The van der Waals surface area contributed by atoms with E-state index in [9.17, 15) is 19.2 Å². The molecule has 3 N–H and O–H groups in total. The summed E-state index contributed by atoms with van der Waals surface area (Å²) in [7, 11) is 1.33. The molecule has 168 valence electrons. The number of carbonyl (C=O) groups is 4. The molecule has 0 aromatic rings. The summed E-state index contributed by atoms with van der Waals surface area (Å²) < 4.78 is 8.71. The van der Waals surface area contributed by atoms with Crippen molar-refractivity contribution < 1.29 is 38.9 Å². The summed E-state index contributed by atoms with van der Waals surface area (Å²) in [4.78, 5) is 39.5. The van der Waals surface area contributed by atoms with Gasteiger partial charge in [0.05, 0.1) is 19.8 Å². The normalized spacial score (nSPS) is 6.90. The number of nitriles is 1. The van der Waals surface area contributed by atoms with Crippen LogP contribution in [0, 0.1) is 11.3 Å². The van der Waals surface area contributed by atoms with Crippen molar-refractivity contribution in [2.24, 2.45) is 0 Å². The first-order chi connectivity index (χ1) is 14.0. The van der Waals surface area contributed by atoms with Crippen molar-refractivity contribution in [2.45, 2.75) is 13.8 Å². The highest BCUT2D eigenvalue weighted by Crippen LogP contribution is 1.87. The average Bonchev–Trinajstić information content (AvgIpc) is 2.74. The number of rotatable bonds is 6. The standard InChI is InChI=1S/2C5H8O2.C4H7NO2.C3H3N.C3H4O2/c1-4(2)5(6)7-3;1-3-5(6)7-4-2;1-2-4(7)5-3-6;1-2-3-4;1-2-3(4)5/h1H2,2-3H3;3H,1,4H2,2H3;2,6H,1,3H2,(H,5,7);2H,1H2;2H,1H2,(H,4,5). The number of methoxy groups -OCH3 is 1. The number of hydrogen-bond acceptors (Lipinski definition) is 8. The first-order valence-corrected chi connectivity index (χ1v) is 7.89. The van der Waals surface area contributed by atoms with Gasteiger partial charge in [0.15, 0.2) is 0 Å². The lowest BCUT2D eigenvalue weighted by Crippen LogP contribution is -2.20. The van der Waals surface area contributed by atoms with Gasteiger partial charge >= 0.3 is 17.9 Å². The summed E-state index contributed by atoms with van der Waals surface area (Å²) in [6.07, 6.45) is 4.25. The number of aliphatic carboxylic acids is 1.